The molecule has 1 atom stereocenters. The minimum absolute atomic E-state index is 0.109. The molecule has 1 saturated heterocycles. The van der Waals surface area contributed by atoms with Gasteiger partial charge in [-0.25, -0.2) is 0 Å². The Kier molecular flexibility index (Phi) is 3.41. The van der Waals surface area contributed by atoms with Gasteiger partial charge in [0, 0.05) is 30.5 Å². The summed E-state index contributed by atoms with van der Waals surface area (Å²) in [5.41, 5.74) is 1.67. The Hall–Kier alpha value is -1.48. The van der Waals surface area contributed by atoms with E-state index < -0.39 is 0 Å². The molecule has 0 bridgehead atoms. The molecule has 2 heterocycles. The Labute approximate surface area is 135 Å². The fourth-order valence-corrected chi connectivity index (χ4v) is 4.45. The van der Waals surface area contributed by atoms with Gasteiger partial charge in [0.05, 0.1) is 5.02 Å². The molecule has 1 saturated carbocycles. The molecule has 0 radical (unpaired) electrons. The summed E-state index contributed by atoms with van der Waals surface area (Å²) in [4.78, 5) is 15.2. The number of fused-ring (bicyclic) bond motifs is 1. The molecule has 2 fully saturated rings. The molecule has 1 aromatic carbocycles. The van der Waals surface area contributed by atoms with E-state index in [-0.39, 0.29) is 5.91 Å². The van der Waals surface area contributed by atoms with Crippen LogP contribution < -0.4 is 0 Å². The molecule has 1 aliphatic carbocycles. The first-order valence-electron chi connectivity index (χ1n) is 8.22. The van der Waals surface area contributed by atoms with Gasteiger partial charge in [0.1, 0.15) is 5.69 Å². The summed E-state index contributed by atoms with van der Waals surface area (Å²) >= 11 is 6.54. The summed E-state index contributed by atoms with van der Waals surface area (Å²) in [6.07, 6.45) is 6.14. The quantitative estimate of drug-likeness (QED) is 0.813. The SMILES string of the molecule is Cn1c(C(=O)N2CCCC2C2CCC2)c(Cl)c2ccccc21. The fraction of sp³-hybridized carbons (Fsp3) is 0.500. The zero-order chi connectivity index (χ0) is 15.3. The molecule has 22 heavy (non-hydrogen) atoms. The zero-order valence-corrected chi connectivity index (χ0v) is 13.6. The number of para-hydroxylation sites is 1. The average Bonchev–Trinajstić information content (AvgIpc) is 3.02. The molecule has 4 rings (SSSR count). The number of rotatable bonds is 2. The summed E-state index contributed by atoms with van der Waals surface area (Å²) in [6.45, 7) is 0.873. The smallest absolute Gasteiger partial charge is 0.272 e. The lowest BCUT2D eigenvalue weighted by molar-refractivity contribution is 0.0617. The number of halogens is 1. The number of benzene rings is 1. The van der Waals surface area contributed by atoms with Gasteiger partial charge in [-0.05, 0) is 37.7 Å². The van der Waals surface area contributed by atoms with Crippen molar-refractivity contribution in [2.45, 2.75) is 38.1 Å². The van der Waals surface area contributed by atoms with Crippen molar-refractivity contribution in [2.24, 2.45) is 13.0 Å². The van der Waals surface area contributed by atoms with Gasteiger partial charge in [0.25, 0.3) is 5.91 Å². The van der Waals surface area contributed by atoms with Crippen molar-refractivity contribution >= 4 is 28.4 Å². The zero-order valence-electron chi connectivity index (χ0n) is 12.9. The first-order valence-corrected chi connectivity index (χ1v) is 8.60. The van der Waals surface area contributed by atoms with Crippen LogP contribution in [0, 0.1) is 5.92 Å². The Morgan fingerprint density at radius 1 is 1.18 bits per heavy atom. The number of aryl methyl sites for hydroxylation is 1. The normalized spacial score (nSPS) is 22.3. The second kappa shape index (κ2) is 5.31. The van der Waals surface area contributed by atoms with E-state index in [0.29, 0.717) is 22.7 Å². The molecule has 4 heteroatoms. The van der Waals surface area contributed by atoms with Gasteiger partial charge in [0.2, 0.25) is 0 Å². The third kappa shape index (κ3) is 1.98. The molecule has 0 spiro atoms. The van der Waals surface area contributed by atoms with Crippen molar-refractivity contribution in [2.75, 3.05) is 6.54 Å². The molecule has 3 nitrogen and oxygen atoms in total. The largest absolute Gasteiger partial charge is 0.338 e. The predicted octanol–water partition coefficient (Wildman–Crippen LogP) is 4.24. The third-order valence-corrected chi connectivity index (χ3v) is 5.88. The average molecular weight is 317 g/mol. The lowest BCUT2D eigenvalue weighted by Gasteiger charge is -2.37. The maximum absolute atomic E-state index is 13.1. The van der Waals surface area contributed by atoms with E-state index in [9.17, 15) is 4.79 Å². The van der Waals surface area contributed by atoms with Crippen LogP contribution >= 0.6 is 11.6 Å². The second-order valence-electron chi connectivity index (χ2n) is 6.64. The Morgan fingerprint density at radius 3 is 2.64 bits per heavy atom. The van der Waals surface area contributed by atoms with Crippen LogP contribution in [0.2, 0.25) is 5.02 Å². The number of carbonyl (C=O) groups excluding carboxylic acids is 1. The number of nitrogens with zero attached hydrogens (tertiary/aromatic N) is 2. The van der Waals surface area contributed by atoms with Crippen molar-refractivity contribution in [1.29, 1.82) is 0 Å². The van der Waals surface area contributed by atoms with Crippen LogP contribution in [0.3, 0.4) is 0 Å². The molecule has 1 amide bonds. The summed E-state index contributed by atoms with van der Waals surface area (Å²) < 4.78 is 1.95. The minimum atomic E-state index is 0.109. The van der Waals surface area contributed by atoms with E-state index in [2.05, 4.69) is 4.90 Å². The molecular formula is C18H21ClN2O. The highest BCUT2D eigenvalue weighted by Crippen LogP contribution is 2.39. The van der Waals surface area contributed by atoms with Crippen LogP contribution in [-0.2, 0) is 7.05 Å². The van der Waals surface area contributed by atoms with E-state index in [0.717, 1.165) is 30.3 Å². The highest BCUT2D eigenvalue weighted by Gasteiger charge is 2.39. The summed E-state index contributed by atoms with van der Waals surface area (Å²) in [7, 11) is 1.94. The van der Waals surface area contributed by atoms with Crippen molar-refractivity contribution < 1.29 is 4.79 Å². The first kappa shape index (κ1) is 14.1. The lowest BCUT2D eigenvalue weighted by atomic mass is 9.79. The predicted molar refractivity (Wildman–Crippen MR) is 89.3 cm³/mol. The van der Waals surface area contributed by atoms with Crippen molar-refractivity contribution in [3.05, 3.63) is 35.0 Å². The van der Waals surface area contributed by atoms with Gasteiger partial charge in [-0.3, -0.25) is 4.79 Å². The van der Waals surface area contributed by atoms with Gasteiger partial charge in [-0.1, -0.05) is 36.2 Å². The van der Waals surface area contributed by atoms with Crippen LogP contribution in [0.1, 0.15) is 42.6 Å². The Morgan fingerprint density at radius 2 is 1.95 bits per heavy atom. The van der Waals surface area contributed by atoms with E-state index in [1.807, 2.05) is 35.9 Å². The molecular weight excluding hydrogens is 296 g/mol. The minimum Gasteiger partial charge on any atom is -0.338 e. The fourth-order valence-electron chi connectivity index (χ4n) is 4.08. The molecule has 116 valence electrons. The van der Waals surface area contributed by atoms with E-state index in [1.54, 1.807) is 0 Å². The van der Waals surface area contributed by atoms with E-state index >= 15 is 0 Å². The van der Waals surface area contributed by atoms with E-state index in [4.69, 9.17) is 11.6 Å². The monoisotopic (exact) mass is 316 g/mol. The number of likely N-dealkylation sites (tertiary alicyclic amines) is 1. The van der Waals surface area contributed by atoms with Crippen LogP contribution in [-0.4, -0.2) is 28.0 Å². The summed E-state index contributed by atoms with van der Waals surface area (Å²) in [6, 6.07) is 8.39. The number of amides is 1. The topological polar surface area (TPSA) is 25.2 Å². The van der Waals surface area contributed by atoms with Crippen molar-refractivity contribution in [1.82, 2.24) is 9.47 Å². The lowest BCUT2D eigenvalue weighted by Crippen LogP contribution is -2.43. The van der Waals surface area contributed by atoms with Gasteiger partial charge in [-0.15, -0.1) is 0 Å². The van der Waals surface area contributed by atoms with Crippen molar-refractivity contribution in [3.8, 4) is 0 Å². The summed E-state index contributed by atoms with van der Waals surface area (Å²) in [5.74, 6) is 0.818. The number of hydrogen-bond acceptors (Lipinski definition) is 1. The van der Waals surface area contributed by atoms with Crippen LogP contribution in [0.5, 0.6) is 0 Å². The highest BCUT2D eigenvalue weighted by atomic mass is 35.5. The second-order valence-corrected chi connectivity index (χ2v) is 7.02. The van der Waals surface area contributed by atoms with Crippen molar-refractivity contribution in [3.63, 3.8) is 0 Å². The number of aromatic nitrogens is 1. The first-order chi connectivity index (χ1) is 10.7. The molecule has 1 aromatic heterocycles. The highest BCUT2D eigenvalue weighted by molar-refractivity contribution is 6.38. The molecule has 2 aromatic rings. The van der Waals surface area contributed by atoms with Crippen LogP contribution in [0.25, 0.3) is 10.9 Å². The van der Waals surface area contributed by atoms with E-state index in [1.165, 1.54) is 19.3 Å². The molecule has 1 unspecified atom stereocenters. The maximum atomic E-state index is 13.1. The van der Waals surface area contributed by atoms with Gasteiger partial charge < -0.3 is 9.47 Å². The Bertz CT molecular complexity index is 693. The van der Waals surface area contributed by atoms with Gasteiger partial charge in [0.15, 0.2) is 0 Å². The summed E-state index contributed by atoms with van der Waals surface area (Å²) in [5, 5.41) is 1.57. The standard InChI is InChI=1S/C18H21ClN2O/c1-20-15-9-3-2-8-13(15)16(19)17(20)18(22)21-11-5-10-14(21)12-6-4-7-12/h2-3,8-9,12,14H,4-7,10-11H2,1H3. The van der Waals surface area contributed by atoms with Crippen LogP contribution in [0.4, 0.5) is 0 Å². The third-order valence-electron chi connectivity index (χ3n) is 5.50. The molecule has 1 aliphatic heterocycles. The van der Waals surface area contributed by atoms with Gasteiger partial charge in [-0.2, -0.15) is 0 Å². The van der Waals surface area contributed by atoms with Gasteiger partial charge >= 0.3 is 0 Å². The molecule has 0 N–H and O–H groups in total. The van der Waals surface area contributed by atoms with Crippen LogP contribution in [0.15, 0.2) is 24.3 Å². The number of hydrogen-bond donors (Lipinski definition) is 0. The Balaban J connectivity index is 1.73. The maximum Gasteiger partial charge on any atom is 0.272 e. The number of carbonyl (C=O) groups is 1. The molecule has 2 aliphatic rings.